The first-order valence-corrected chi connectivity index (χ1v) is 8.66. The van der Waals surface area contributed by atoms with Crippen LogP contribution in [0, 0.1) is 11.3 Å². The molecule has 23 heavy (non-hydrogen) atoms. The average Bonchev–Trinajstić information content (AvgIpc) is 3.42. The van der Waals surface area contributed by atoms with E-state index < -0.39 is 0 Å². The van der Waals surface area contributed by atoms with Crippen molar-refractivity contribution in [3.05, 3.63) is 29.8 Å². The fraction of sp³-hybridized carbons (Fsp3) is 0.632. The number of amides is 1. The zero-order valence-corrected chi connectivity index (χ0v) is 14.1. The Balaban J connectivity index is 1.58. The van der Waals surface area contributed by atoms with Gasteiger partial charge in [0.15, 0.2) is 0 Å². The lowest BCUT2D eigenvalue weighted by Gasteiger charge is -2.40. The highest BCUT2D eigenvalue weighted by atomic mass is 16.5. The number of hydrogen-bond donors (Lipinski definition) is 1. The number of ether oxygens (including phenoxy) is 1. The topological polar surface area (TPSA) is 49.8 Å². The summed E-state index contributed by atoms with van der Waals surface area (Å²) < 4.78 is 5.27. The Morgan fingerprint density at radius 2 is 2.13 bits per heavy atom. The highest BCUT2D eigenvalue weighted by Gasteiger charge is 2.47. The maximum absolute atomic E-state index is 12.7. The van der Waals surface area contributed by atoms with Crippen molar-refractivity contribution in [2.45, 2.75) is 38.5 Å². The minimum Gasteiger partial charge on any atom is -0.497 e. The molecule has 0 bridgehead atoms. The van der Waals surface area contributed by atoms with Gasteiger partial charge in [-0.1, -0.05) is 19.1 Å². The smallest absolute Gasteiger partial charge is 0.226 e. The molecule has 126 valence electrons. The van der Waals surface area contributed by atoms with E-state index in [1.54, 1.807) is 7.11 Å². The largest absolute Gasteiger partial charge is 0.497 e. The molecule has 1 saturated carbocycles. The van der Waals surface area contributed by atoms with E-state index in [1.807, 2.05) is 23.1 Å². The van der Waals surface area contributed by atoms with Crippen molar-refractivity contribution in [3.63, 3.8) is 0 Å². The molecule has 3 rings (SSSR count). The molecule has 1 aliphatic heterocycles. The quantitative estimate of drug-likeness (QED) is 0.908. The molecule has 1 aromatic rings. The summed E-state index contributed by atoms with van der Waals surface area (Å²) in [6.45, 7) is 3.94. The zero-order valence-electron chi connectivity index (χ0n) is 14.1. The van der Waals surface area contributed by atoms with Crippen LogP contribution in [0.1, 0.15) is 44.1 Å². The Kier molecular flexibility index (Phi) is 4.62. The lowest BCUT2D eigenvalue weighted by atomic mass is 9.77. The summed E-state index contributed by atoms with van der Waals surface area (Å²) in [5, 5.41) is 9.61. The van der Waals surface area contributed by atoms with Crippen LogP contribution in [-0.2, 0) is 4.79 Å². The summed E-state index contributed by atoms with van der Waals surface area (Å²) in [5.74, 6) is 1.62. The van der Waals surface area contributed by atoms with E-state index in [1.165, 1.54) is 5.56 Å². The molecule has 1 aromatic carbocycles. The molecule has 4 heteroatoms. The van der Waals surface area contributed by atoms with Gasteiger partial charge in [0.1, 0.15) is 5.75 Å². The van der Waals surface area contributed by atoms with Crippen LogP contribution in [0.15, 0.2) is 24.3 Å². The molecule has 2 aliphatic rings. The Labute approximate surface area is 138 Å². The normalized spacial score (nSPS) is 26.0. The first-order chi connectivity index (χ1) is 11.1. The van der Waals surface area contributed by atoms with E-state index in [4.69, 9.17) is 4.74 Å². The minimum absolute atomic E-state index is 0.0343. The summed E-state index contributed by atoms with van der Waals surface area (Å²) in [6, 6.07) is 8.06. The maximum Gasteiger partial charge on any atom is 0.226 e. The van der Waals surface area contributed by atoms with Gasteiger partial charge in [0.2, 0.25) is 5.91 Å². The number of benzene rings is 1. The standard InChI is InChI=1S/C19H27NO3/c1-3-19(13-21)7-9-20(10-8-19)18(22)17-12-16(17)14-5-4-6-15(11-14)23-2/h4-6,11,16-17,21H,3,7-10,12-13H2,1-2H3. The number of carbonyl (C=O) groups is 1. The third kappa shape index (κ3) is 3.23. The van der Waals surface area contributed by atoms with Crippen molar-refractivity contribution in [1.82, 2.24) is 4.90 Å². The maximum atomic E-state index is 12.7. The van der Waals surface area contributed by atoms with Gasteiger partial charge < -0.3 is 14.7 Å². The Hall–Kier alpha value is -1.55. The molecule has 0 aromatic heterocycles. The number of likely N-dealkylation sites (tertiary alicyclic amines) is 1. The van der Waals surface area contributed by atoms with Gasteiger partial charge in [0, 0.05) is 25.6 Å². The lowest BCUT2D eigenvalue weighted by Crippen LogP contribution is -2.45. The van der Waals surface area contributed by atoms with Gasteiger partial charge in [0.25, 0.3) is 0 Å². The third-order valence-corrected chi connectivity index (χ3v) is 5.85. The van der Waals surface area contributed by atoms with E-state index in [9.17, 15) is 9.90 Å². The second-order valence-corrected chi connectivity index (χ2v) is 7.06. The molecule has 2 atom stereocenters. The Bertz CT molecular complexity index is 557. The van der Waals surface area contributed by atoms with Crippen LogP contribution in [0.3, 0.4) is 0 Å². The van der Waals surface area contributed by atoms with Crippen LogP contribution < -0.4 is 4.74 Å². The van der Waals surface area contributed by atoms with E-state index >= 15 is 0 Å². The van der Waals surface area contributed by atoms with Crippen LogP contribution in [-0.4, -0.2) is 42.7 Å². The van der Waals surface area contributed by atoms with Crippen LogP contribution in [0.2, 0.25) is 0 Å². The number of carbonyl (C=O) groups excluding carboxylic acids is 1. The van der Waals surface area contributed by atoms with Crippen molar-refractivity contribution >= 4 is 5.91 Å². The van der Waals surface area contributed by atoms with E-state index in [0.717, 1.165) is 44.5 Å². The second-order valence-electron chi connectivity index (χ2n) is 7.06. The zero-order chi connectivity index (χ0) is 16.4. The molecule has 1 heterocycles. The van der Waals surface area contributed by atoms with Crippen molar-refractivity contribution in [2.75, 3.05) is 26.8 Å². The van der Waals surface area contributed by atoms with Crippen molar-refractivity contribution in [2.24, 2.45) is 11.3 Å². The number of nitrogens with zero attached hydrogens (tertiary/aromatic N) is 1. The predicted molar refractivity (Wildman–Crippen MR) is 89.5 cm³/mol. The number of aliphatic hydroxyl groups excluding tert-OH is 1. The van der Waals surface area contributed by atoms with Gasteiger partial charge in [-0.05, 0) is 54.7 Å². The monoisotopic (exact) mass is 317 g/mol. The van der Waals surface area contributed by atoms with Gasteiger partial charge in [-0.3, -0.25) is 4.79 Å². The summed E-state index contributed by atoms with van der Waals surface area (Å²) in [6.07, 6.45) is 3.77. The Morgan fingerprint density at radius 1 is 1.39 bits per heavy atom. The molecular formula is C19H27NO3. The van der Waals surface area contributed by atoms with Crippen LogP contribution >= 0.6 is 0 Å². The molecule has 0 radical (unpaired) electrons. The fourth-order valence-electron chi connectivity index (χ4n) is 3.77. The van der Waals surface area contributed by atoms with Gasteiger partial charge in [-0.2, -0.15) is 0 Å². The van der Waals surface area contributed by atoms with Crippen molar-refractivity contribution in [1.29, 1.82) is 0 Å². The predicted octanol–water partition coefficient (Wildman–Crippen LogP) is 2.81. The number of rotatable bonds is 5. The molecule has 0 spiro atoms. The first-order valence-electron chi connectivity index (χ1n) is 8.66. The van der Waals surface area contributed by atoms with Crippen LogP contribution in [0.4, 0.5) is 0 Å². The van der Waals surface area contributed by atoms with Crippen molar-refractivity contribution in [3.8, 4) is 5.75 Å². The number of methoxy groups -OCH3 is 1. The summed E-state index contributed by atoms with van der Waals surface area (Å²) in [5.41, 5.74) is 1.24. The van der Waals surface area contributed by atoms with Gasteiger partial charge >= 0.3 is 0 Å². The van der Waals surface area contributed by atoms with Gasteiger partial charge in [-0.25, -0.2) is 0 Å². The number of piperidine rings is 1. The highest BCUT2D eigenvalue weighted by molar-refractivity contribution is 5.83. The highest BCUT2D eigenvalue weighted by Crippen LogP contribution is 2.49. The SMILES string of the molecule is CCC1(CO)CCN(C(=O)C2CC2c2cccc(OC)c2)CC1. The molecule has 2 fully saturated rings. The second kappa shape index (κ2) is 6.52. The molecule has 1 aliphatic carbocycles. The van der Waals surface area contributed by atoms with E-state index in [-0.39, 0.29) is 17.9 Å². The summed E-state index contributed by atoms with van der Waals surface area (Å²) >= 11 is 0. The molecule has 2 unspecified atom stereocenters. The molecule has 4 nitrogen and oxygen atoms in total. The van der Waals surface area contributed by atoms with E-state index in [0.29, 0.717) is 11.8 Å². The van der Waals surface area contributed by atoms with Crippen LogP contribution in [0.5, 0.6) is 5.75 Å². The van der Waals surface area contributed by atoms with Gasteiger partial charge in [-0.15, -0.1) is 0 Å². The van der Waals surface area contributed by atoms with E-state index in [2.05, 4.69) is 13.0 Å². The fourth-order valence-corrected chi connectivity index (χ4v) is 3.77. The molecule has 1 saturated heterocycles. The van der Waals surface area contributed by atoms with Crippen LogP contribution in [0.25, 0.3) is 0 Å². The molecule has 1 N–H and O–H groups in total. The molecule has 1 amide bonds. The third-order valence-electron chi connectivity index (χ3n) is 5.85. The summed E-state index contributed by atoms with van der Waals surface area (Å²) in [7, 11) is 1.67. The summed E-state index contributed by atoms with van der Waals surface area (Å²) in [4.78, 5) is 14.7. The van der Waals surface area contributed by atoms with Crippen molar-refractivity contribution < 1.29 is 14.6 Å². The number of aliphatic hydroxyl groups is 1. The minimum atomic E-state index is 0.0343. The van der Waals surface area contributed by atoms with Gasteiger partial charge in [0.05, 0.1) is 7.11 Å². The first kappa shape index (κ1) is 16.3. The lowest BCUT2D eigenvalue weighted by molar-refractivity contribution is -0.135. The average molecular weight is 317 g/mol. The Morgan fingerprint density at radius 3 is 2.74 bits per heavy atom. The number of hydrogen-bond acceptors (Lipinski definition) is 3. The molecular weight excluding hydrogens is 290 g/mol.